The second-order valence-corrected chi connectivity index (χ2v) is 6.28. The Morgan fingerprint density at radius 1 is 1.05 bits per heavy atom. The van der Waals surface area contributed by atoms with Crippen molar-refractivity contribution in [2.75, 3.05) is 53.4 Å². The highest BCUT2D eigenvalue weighted by atomic mass is 16.2. The number of carbonyl (C=O) groups is 2. The molecule has 1 N–H and O–H groups in total. The zero-order valence-corrected chi connectivity index (χ0v) is 13.3. The van der Waals surface area contributed by atoms with Gasteiger partial charge in [-0.05, 0) is 38.3 Å². The molecule has 2 heterocycles. The number of hydrogen-bond acceptors (Lipinski definition) is 3. The van der Waals surface area contributed by atoms with Crippen molar-refractivity contribution in [2.24, 2.45) is 5.92 Å². The molecule has 0 unspecified atom stereocenters. The predicted octanol–water partition coefficient (Wildman–Crippen LogP) is 0.592. The molecule has 0 spiro atoms. The summed E-state index contributed by atoms with van der Waals surface area (Å²) >= 11 is 0. The summed E-state index contributed by atoms with van der Waals surface area (Å²) in [6.07, 6.45) is 4.06. The van der Waals surface area contributed by atoms with E-state index < -0.39 is 0 Å². The first kappa shape index (κ1) is 16.1. The van der Waals surface area contributed by atoms with Crippen molar-refractivity contribution in [3.8, 4) is 0 Å². The van der Waals surface area contributed by atoms with Gasteiger partial charge in [-0.1, -0.05) is 0 Å². The van der Waals surface area contributed by atoms with E-state index in [0.717, 1.165) is 19.5 Å². The molecule has 0 aromatic carbocycles. The number of rotatable bonds is 3. The number of hydrogen-bond donors (Lipinski definition) is 1. The Labute approximate surface area is 127 Å². The highest BCUT2D eigenvalue weighted by molar-refractivity contribution is 5.77. The number of amides is 3. The SMILES string of the molecule is CN(C)C(=O)N1CCN(C(=O)CCC2CCNCC2)CC1. The summed E-state index contributed by atoms with van der Waals surface area (Å²) in [6.45, 7) is 4.82. The van der Waals surface area contributed by atoms with Gasteiger partial charge in [-0.15, -0.1) is 0 Å². The van der Waals surface area contributed by atoms with Gasteiger partial charge >= 0.3 is 6.03 Å². The average Bonchev–Trinajstić information content (AvgIpc) is 2.53. The molecule has 0 aromatic rings. The van der Waals surface area contributed by atoms with Crippen LogP contribution in [0.4, 0.5) is 4.79 Å². The first-order valence-electron chi connectivity index (χ1n) is 8.02. The van der Waals surface area contributed by atoms with E-state index in [1.54, 1.807) is 19.0 Å². The monoisotopic (exact) mass is 296 g/mol. The third-order valence-electron chi connectivity index (χ3n) is 4.51. The van der Waals surface area contributed by atoms with Crippen LogP contribution in [-0.4, -0.2) is 80.0 Å². The third-order valence-corrected chi connectivity index (χ3v) is 4.51. The number of carbonyl (C=O) groups excluding carboxylic acids is 2. The largest absolute Gasteiger partial charge is 0.339 e. The third kappa shape index (κ3) is 4.59. The quantitative estimate of drug-likeness (QED) is 0.829. The molecule has 0 aliphatic carbocycles. The van der Waals surface area contributed by atoms with Crippen molar-refractivity contribution in [1.29, 1.82) is 0 Å². The molecule has 6 heteroatoms. The predicted molar refractivity (Wildman–Crippen MR) is 82.1 cm³/mol. The van der Waals surface area contributed by atoms with E-state index in [-0.39, 0.29) is 11.9 Å². The highest BCUT2D eigenvalue weighted by Crippen LogP contribution is 2.18. The van der Waals surface area contributed by atoms with E-state index in [4.69, 9.17) is 0 Å². The maximum atomic E-state index is 12.2. The highest BCUT2D eigenvalue weighted by Gasteiger charge is 2.25. The fraction of sp³-hybridized carbons (Fsp3) is 0.867. The number of piperazine rings is 1. The van der Waals surface area contributed by atoms with Gasteiger partial charge in [-0.3, -0.25) is 4.79 Å². The van der Waals surface area contributed by atoms with Gasteiger partial charge in [0, 0.05) is 46.7 Å². The molecule has 120 valence electrons. The lowest BCUT2D eigenvalue weighted by Crippen LogP contribution is -2.52. The molecule has 21 heavy (non-hydrogen) atoms. The lowest BCUT2D eigenvalue weighted by atomic mass is 9.93. The summed E-state index contributed by atoms with van der Waals surface area (Å²) in [4.78, 5) is 29.4. The summed E-state index contributed by atoms with van der Waals surface area (Å²) in [6, 6.07) is 0.0387. The van der Waals surface area contributed by atoms with Crippen LogP contribution in [-0.2, 0) is 4.79 Å². The zero-order valence-electron chi connectivity index (χ0n) is 13.3. The van der Waals surface area contributed by atoms with Gasteiger partial charge in [-0.2, -0.15) is 0 Å². The molecule has 0 saturated carbocycles. The van der Waals surface area contributed by atoms with Crippen LogP contribution in [0.5, 0.6) is 0 Å². The van der Waals surface area contributed by atoms with Crippen LogP contribution < -0.4 is 5.32 Å². The van der Waals surface area contributed by atoms with Crippen LogP contribution in [0.15, 0.2) is 0 Å². The topological polar surface area (TPSA) is 55.9 Å². The molecule has 3 amide bonds. The minimum atomic E-state index is 0.0387. The minimum Gasteiger partial charge on any atom is -0.339 e. The van der Waals surface area contributed by atoms with Crippen LogP contribution in [0.1, 0.15) is 25.7 Å². The van der Waals surface area contributed by atoms with Crippen LogP contribution >= 0.6 is 0 Å². The minimum absolute atomic E-state index is 0.0387. The van der Waals surface area contributed by atoms with Crippen molar-refractivity contribution in [3.63, 3.8) is 0 Å². The van der Waals surface area contributed by atoms with Crippen LogP contribution in [0.2, 0.25) is 0 Å². The fourth-order valence-corrected chi connectivity index (χ4v) is 3.09. The van der Waals surface area contributed by atoms with Crippen molar-refractivity contribution >= 4 is 11.9 Å². The second-order valence-electron chi connectivity index (χ2n) is 6.28. The van der Waals surface area contributed by atoms with Gasteiger partial charge in [0.1, 0.15) is 0 Å². The Kier molecular flexibility index (Phi) is 5.85. The molecule has 0 bridgehead atoms. The molecule has 2 fully saturated rings. The molecule has 6 nitrogen and oxygen atoms in total. The maximum absolute atomic E-state index is 12.2. The summed E-state index contributed by atoms with van der Waals surface area (Å²) in [7, 11) is 3.53. The van der Waals surface area contributed by atoms with Gasteiger partial charge in [0.15, 0.2) is 0 Å². The molecule has 2 aliphatic rings. The summed E-state index contributed by atoms with van der Waals surface area (Å²) < 4.78 is 0. The van der Waals surface area contributed by atoms with Crippen LogP contribution in [0, 0.1) is 5.92 Å². The molecule has 0 aromatic heterocycles. The van der Waals surface area contributed by atoms with Crippen molar-refractivity contribution < 1.29 is 9.59 Å². The first-order chi connectivity index (χ1) is 10.1. The zero-order chi connectivity index (χ0) is 15.2. The Balaban J connectivity index is 1.69. The molecule has 2 aliphatic heterocycles. The van der Waals surface area contributed by atoms with Gasteiger partial charge in [0.05, 0.1) is 0 Å². The second kappa shape index (κ2) is 7.64. The Morgan fingerprint density at radius 2 is 1.62 bits per heavy atom. The van der Waals surface area contributed by atoms with Crippen LogP contribution in [0.3, 0.4) is 0 Å². The summed E-state index contributed by atoms with van der Waals surface area (Å²) in [5.74, 6) is 0.956. The van der Waals surface area contributed by atoms with Crippen LogP contribution in [0.25, 0.3) is 0 Å². The molecule has 0 radical (unpaired) electrons. The smallest absolute Gasteiger partial charge is 0.319 e. The molecule has 2 saturated heterocycles. The summed E-state index contributed by atoms with van der Waals surface area (Å²) in [5, 5.41) is 3.35. The van der Waals surface area contributed by atoms with Crippen molar-refractivity contribution in [1.82, 2.24) is 20.0 Å². The lowest BCUT2D eigenvalue weighted by Gasteiger charge is -2.36. The van der Waals surface area contributed by atoms with E-state index in [0.29, 0.717) is 38.5 Å². The van der Waals surface area contributed by atoms with Gasteiger partial charge in [-0.25, -0.2) is 4.79 Å². The van der Waals surface area contributed by atoms with E-state index in [2.05, 4.69) is 5.32 Å². The molecular formula is C15H28N4O2. The fourth-order valence-electron chi connectivity index (χ4n) is 3.09. The number of urea groups is 1. The van der Waals surface area contributed by atoms with Crippen molar-refractivity contribution in [2.45, 2.75) is 25.7 Å². The Hall–Kier alpha value is -1.30. The maximum Gasteiger partial charge on any atom is 0.319 e. The van der Waals surface area contributed by atoms with E-state index >= 15 is 0 Å². The standard InChI is InChI=1S/C15H28N4O2/c1-17(2)15(21)19-11-9-18(10-12-19)14(20)4-3-13-5-7-16-8-6-13/h13,16H,3-12H2,1-2H3. The summed E-state index contributed by atoms with van der Waals surface area (Å²) in [5.41, 5.74) is 0. The van der Waals surface area contributed by atoms with E-state index in [1.807, 2.05) is 9.80 Å². The Morgan fingerprint density at radius 3 is 2.19 bits per heavy atom. The van der Waals surface area contributed by atoms with Crippen molar-refractivity contribution in [3.05, 3.63) is 0 Å². The van der Waals surface area contributed by atoms with Gasteiger partial charge in [0.25, 0.3) is 0 Å². The number of nitrogens with one attached hydrogen (secondary N) is 1. The normalized spacial score (nSPS) is 20.5. The molecule has 2 rings (SSSR count). The van der Waals surface area contributed by atoms with E-state index in [9.17, 15) is 9.59 Å². The Bertz CT molecular complexity index is 359. The van der Waals surface area contributed by atoms with Gasteiger partial charge < -0.3 is 20.0 Å². The van der Waals surface area contributed by atoms with E-state index in [1.165, 1.54) is 12.8 Å². The average molecular weight is 296 g/mol. The molecular weight excluding hydrogens is 268 g/mol. The number of nitrogens with zero attached hydrogens (tertiary/aromatic N) is 3. The molecule has 0 atom stereocenters. The lowest BCUT2D eigenvalue weighted by molar-refractivity contribution is -0.133. The van der Waals surface area contributed by atoms with Gasteiger partial charge in [0.2, 0.25) is 5.91 Å². The number of piperidine rings is 1. The first-order valence-corrected chi connectivity index (χ1v) is 8.02.